The lowest BCUT2D eigenvalue weighted by atomic mass is 9.89. The summed E-state index contributed by atoms with van der Waals surface area (Å²) in [6.45, 7) is 5.33. The Morgan fingerprint density at radius 3 is 2.60 bits per heavy atom. The van der Waals surface area contributed by atoms with Crippen molar-refractivity contribution in [1.29, 1.82) is 0 Å². The number of fused-ring (bicyclic) bond motifs is 3. The number of carbonyl (C=O) groups is 2. The standard InChI is InChI=1S/C23H21ClN4O2/c1-3-28-20(14-15(2)25-28)22(30)27-13-12-26-21(29)18-6-4-5-7-19(18)23(26,27)16-8-10-17(24)11-9-16/h4-11,14H,3,12-13H2,1-2H3. The number of hydrogen-bond donors (Lipinski definition) is 0. The minimum Gasteiger partial charge on any atom is -0.306 e. The number of hydrogen-bond acceptors (Lipinski definition) is 3. The van der Waals surface area contributed by atoms with Gasteiger partial charge >= 0.3 is 0 Å². The monoisotopic (exact) mass is 420 g/mol. The quantitative estimate of drug-likeness (QED) is 0.649. The molecule has 6 nitrogen and oxygen atoms in total. The summed E-state index contributed by atoms with van der Waals surface area (Å²) < 4.78 is 1.72. The maximum absolute atomic E-state index is 13.8. The number of rotatable bonds is 3. The zero-order chi connectivity index (χ0) is 21.0. The summed E-state index contributed by atoms with van der Waals surface area (Å²) >= 11 is 6.15. The van der Waals surface area contributed by atoms with Crippen LogP contribution in [0.2, 0.25) is 5.02 Å². The van der Waals surface area contributed by atoms with Crippen molar-refractivity contribution in [3.05, 3.63) is 87.7 Å². The molecular weight excluding hydrogens is 400 g/mol. The summed E-state index contributed by atoms with van der Waals surface area (Å²) in [5, 5.41) is 5.05. The molecule has 1 saturated heterocycles. The summed E-state index contributed by atoms with van der Waals surface area (Å²) in [5.41, 5.74) is 2.62. The zero-order valence-corrected chi connectivity index (χ0v) is 17.6. The molecule has 1 atom stereocenters. The molecule has 2 aliphatic rings. The number of nitrogens with zero attached hydrogens (tertiary/aromatic N) is 4. The molecule has 7 heteroatoms. The zero-order valence-electron chi connectivity index (χ0n) is 16.8. The maximum Gasteiger partial charge on any atom is 0.274 e. The van der Waals surface area contributed by atoms with E-state index in [0.717, 1.165) is 16.8 Å². The molecule has 2 aromatic carbocycles. The van der Waals surface area contributed by atoms with Crippen LogP contribution in [0.1, 0.15) is 44.6 Å². The summed E-state index contributed by atoms with van der Waals surface area (Å²) in [7, 11) is 0. The van der Waals surface area contributed by atoms with E-state index in [4.69, 9.17) is 11.6 Å². The SMILES string of the molecule is CCn1nc(C)cc1C(=O)N1CCN2C(=O)c3ccccc3C21c1ccc(Cl)cc1. The van der Waals surface area contributed by atoms with Crippen LogP contribution >= 0.6 is 11.6 Å². The largest absolute Gasteiger partial charge is 0.306 e. The van der Waals surface area contributed by atoms with Gasteiger partial charge in [0, 0.05) is 41.3 Å². The summed E-state index contributed by atoms with van der Waals surface area (Å²) in [5.74, 6) is -0.199. The smallest absolute Gasteiger partial charge is 0.274 e. The van der Waals surface area contributed by atoms with Gasteiger partial charge < -0.3 is 9.80 Å². The summed E-state index contributed by atoms with van der Waals surface area (Å²) in [6.07, 6.45) is 0. The fourth-order valence-electron chi connectivity index (χ4n) is 4.82. The van der Waals surface area contributed by atoms with Crippen LogP contribution in [0.25, 0.3) is 0 Å². The van der Waals surface area contributed by atoms with Crippen LogP contribution in [0, 0.1) is 6.92 Å². The van der Waals surface area contributed by atoms with E-state index in [9.17, 15) is 9.59 Å². The molecule has 1 aromatic heterocycles. The van der Waals surface area contributed by atoms with E-state index < -0.39 is 5.66 Å². The average Bonchev–Trinajstić information content (AvgIpc) is 3.40. The molecule has 0 N–H and O–H groups in total. The van der Waals surface area contributed by atoms with E-state index in [1.165, 1.54) is 0 Å². The molecule has 152 valence electrons. The molecule has 3 heterocycles. The van der Waals surface area contributed by atoms with Crippen molar-refractivity contribution in [1.82, 2.24) is 19.6 Å². The molecule has 2 amide bonds. The highest BCUT2D eigenvalue weighted by Crippen LogP contribution is 2.50. The van der Waals surface area contributed by atoms with Gasteiger partial charge in [-0.1, -0.05) is 41.9 Å². The van der Waals surface area contributed by atoms with Crippen LogP contribution in [-0.4, -0.2) is 44.5 Å². The lowest BCUT2D eigenvalue weighted by molar-refractivity contribution is 0.0367. The van der Waals surface area contributed by atoms with Crippen LogP contribution in [-0.2, 0) is 12.2 Å². The van der Waals surface area contributed by atoms with Gasteiger partial charge in [-0.3, -0.25) is 14.3 Å². The van der Waals surface area contributed by atoms with Gasteiger partial charge in [-0.2, -0.15) is 5.10 Å². The first-order valence-corrected chi connectivity index (χ1v) is 10.4. The lowest BCUT2D eigenvalue weighted by Gasteiger charge is -2.40. The lowest BCUT2D eigenvalue weighted by Crippen LogP contribution is -2.51. The number of halogens is 1. The first-order chi connectivity index (χ1) is 14.5. The van der Waals surface area contributed by atoms with Crippen molar-refractivity contribution >= 4 is 23.4 Å². The first-order valence-electron chi connectivity index (χ1n) is 10.0. The minimum absolute atomic E-state index is 0.0592. The van der Waals surface area contributed by atoms with Crippen molar-refractivity contribution < 1.29 is 9.59 Å². The van der Waals surface area contributed by atoms with Crippen LogP contribution in [0.15, 0.2) is 54.6 Å². The van der Waals surface area contributed by atoms with Crippen molar-refractivity contribution in [3.63, 3.8) is 0 Å². The topological polar surface area (TPSA) is 58.4 Å². The molecule has 2 aliphatic heterocycles. The van der Waals surface area contributed by atoms with Crippen LogP contribution in [0.4, 0.5) is 0 Å². The van der Waals surface area contributed by atoms with Gasteiger partial charge in [0.2, 0.25) is 0 Å². The Balaban J connectivity index is 1.75. The Labute approximate surface area is 179 Å². The molecule has 30 heavy (non-hydrogen) atoms. The third kappa shape index (κ3) is 2.40. The van der Waals surface area contributed by atoms with Crippen molar-refractivity contribution in [2.45, 2.75) is 26.1 Å². The van der Waals surface area contributed by atoms with E-state index in [2.05, 4.69) is 5.10 Å². The van der Waals surface area contributed by atoms with Crippen molar-refractivity contribution in [3.8, 4) is 0 Å². The fraction of sp³-hybridized carbons (Fsp3) is 0.261. The van der Waals surface area contributed by atoms with E-state index in [-0.39, 0.29) is 11.8 Å². The Kier molecular flexibility index (Phi) is 4.22. The number of aromatic nitrogens is 2. The van der Waals surface area contributed by atoms with Gasteiger partial charge in [-0.05, 0) is 38.1 Å². The molecular formula is C23H21ClN4O2. The average molecular weight is 421 g/mol. The second-order valence-corrected chi connectivity index (χ2v) is 8.06. The molecule has 0 bridgehead atoms. The third-order valence-electron chi connectivity index (χ3n) is 6.02. The second-order valence-electron chi connectivity index (χ2n) is 7.62. The van der Waals surface area contributed by atoms with Gasteiger partial charge in [0.05, 0.1) is 5.69 Å². The van der Waals surface area contributed by atoms with Crippen LogP contribution < -0.4 is 0 Å². The Bertz CT molecular complexity index is 1170. The highest BCUT2D eigenvalue weighted by molar-refractivity contribution is 6.30. The number of benzene rings is 2. The highest BCUT2D eigenvalue weighted by atomic mass is 35.5. The van der Waals surface area contributed by atoms with E-state index in [1.54, 1.807) is 21.7 Å². The van der Waals surface area contributed by atoms with Gasteiger partial charge in [0.15, 0.2) is 5.66 Å². The molecule has 3 aromatic rings. The number of aryl methyl sites for hydroxylation is 2. The van der Waals surface area contributed by atoms with E-state index in [1.807, 2.05) is 61.2 Å². The molecule has 0 aliphatic carbocycles. The van der Waals surface area contributed by atoms with Gasteiger partial charge in [-0.25, -0.2) is 0 Å². The molecule has 0 saturated carbocycles. The predicted molar refractivity (Wildman–Crippen MR) is 113 cm³/mol. The fourth-order valence-corrected chi connectivity index (χ4v) is 4.95. The molecule has 0 spiro atoms. The van der Waals surface area contributed by atoms with Crippen molar-refractivity contribution in [2.75, 3.05) is 13.1 Å². The molecule has 1 unspecified atom stereocenters. The third-order valence-corrected chi connectivity index (χ3v) is 6.27. The highest BCUT2D eigenvalue weighted by Gasteiger charge is 2.59. The van der Waals surface area contributed by atoms with E-state index in [0.29, 0.717) is 35.9 Å². The molecule has 1 fully saturated rings. The van der Waals surface area contributed by atoms with Gasteiger partial charge in [0.25, 0.3) is 11.8 Å². The maximum atomic E-state index is 13.8. The van der Waals surface area contributed by atoms with Crippen LogP contribution in [0.5, 0.6) is 0 Å². The Morgan fingerprint density at radius 1 is 1.13 bits per heavy atom. The Hall–Kier alpha value is -3.12. The normalized spacial score (nSPS) is 19.9. The minimum atomic E-state index is -0.994. The van der Waals surface area contributed by atoms with E-state index >= 15 is 0 Å². The summed E-state index contributed by atoms with van der Waals surface area (Å²) in [6, 6.07) is 16.8. The second kappa shape index (κ2) is 6.71. The van der Waals surface area contributed by atoms with Crippen LogP contribution in [0.3, 0.4) is 0 Å². The first kappa shape index (κ1) is 18.9. The Morgan fingerprint density at radius 2 is 1.87 bits per heavy atom. The molecule has 5 rings (SSSR count). The molecule has 0 radical (unpaired) electrons. The number of amides is 2. The summed E-state index contributed by atoms with van der Waals surface area (Å²) in [4.78, 5) is 30.8. The number of carbonyl (C=O) groups excluding carboxylic acids is 2. The van der Waals surface area contributed by atoms with Crippen molar-refractivity contribution in [2.24, 2.45) is 0 Å². The van der Waals surface area contributed by atoms with Gasteiger partial charge in [-0.15, -0.1) is 0 Å². The van der Waals surface area contributed by atoms with Gasteiger partial charge in [0.1, 0.15) is 5.69 Å². The predicted octanol–water partition coefficient (Wildman–Crippen LogP) is 3.68.